The Morgan fingerprint density at radius 3 is 2.37 bits per heavy atom. The van der Waals surface area contributed by atoms with Gasteiger partial charge in [0, 0.05) is 31.8 Å². The number of likely N-dealkylation sites (tertiary alicyclic amines) is 1. The van der Waals surface area contributed by atoms with Crippen molar-refractivity contribution < 1.29 is 19.3 Å². The summed E-state index contributed by atoms with van der Waals surface area (Å²) in [6, 6.07) is 21.6. The van der Waals surface area contributed by atoms with Crippen LogP contribution in [0.15, 0.2) is 60.7 Å². The number of aliphatic hydroxyl groups excluding tert-OH is 1. The molecular weight excluding hydrogens is 440 g/mol. The van der Waals surface area contributed by atoms with E-state index in [4.69, 9.17) is 14.2 Å². The first-order chi connectivity index (χ1) is 17.2. The van der Waals surface area contributed by atoms with Crippen molar-refractivity contribution in [2.75, 3.05) is 33.9 Å². The van der Waals surface area contributed by atoms with Gasteiger partial charge in [0.2, 0.25) is 0 Å². The number of benzene rings is 3. The molecule has 3 aromatic rings. The van der Waals surface area contributed by atoms with E-state index in [-0.39, 0.29) is 6.61 Å². The predicted molar refractivity (Wildman–Crippen MR) is 136 cm³/mol. The lowest BCUT2D eigenvalue weighted by Crippen LogP contribution is -2.36. The highest BCUT2D eigenvalue weighted by atomic mass is 16.5. The zero-order valence-electron chi connectivity index (χ0n) is 20.4. The normalized spacial score (nSPS) is 15.9. The second-order valence-electron chi connectivity index (χ2n) is 8.84. The molecule has 0 radical (unpaired) electrons. The van der Waals surface area contributed by atoms with Crippen molar-refractivity contribution in [3.8, 4) is 34.4 Å². The first kappa shape index (κ1) is 24.6. The first-order valence-electron chi connectivity index (χ1n) is 11.9. The molecule has 4 rings (SSSR count). The van der Waals surface area contributed by atoms with E-state index in [1.165, 1.54) is 0 Å². The number of ether oxygens (including phenoxy) is 3. The van der Waals surface area contributed by atoms with Crippen molar-refractivity contribution in [3.05, 3.63) is 77.4 Å². The predicted octanol–water partition coefficient (Wildman–Crippen LogP) is 5.03. The molecule has 1 aliphatic rings. The molecule has 0 aliphatic carbocycles. The third-order valence-electron chi connectivity index (χ3n) is 6.57. The van der Waals surface area contributed by atoms with Crippen molar-refractivity contribution in [2.45, 2.75) is 26.0 Å². The number of aliphatic hydroxyl groups is 1. The molecule has 1 heterocycles. The molecule has 1 fully saturated rings. The number of methoxy groups -OCH3 is 2. The van der Waals surface area contributed by atoms with Gasteiger partial charge in [0.25, 0.3) is 0 Å². The van der Waals surface area contributed by atoms with Crippen LogP contribution in [0.25, 0.3) is 11.1 Å². The number of hydrogen-bond acceptors (Lipinski definition) is 6. The van der Waals surface area contributed by atoms with Gasteiger partial charge in [-0.25, -0.2) is 0 Å². The molecule has 0 aromatic heterocycles. The van der Waals surface area contributed by atoms with Crippen LogP contribution in [0, 0.1) is 17.2 Å². The summed E-state index contributed by atoms with van der Waals surface area (Å²) in [6.07, 6.45) is 2.14. The van der Waals surface area contributed by atoms with Gasteiger partial charge in [-0.05, 0) is 48.1 Å². The van der Waals surface area contributed by atoms with E-state index in [2.05, 4.69) is 11.0 Å². The Hall–Kier alpha value is -3.53. The lowest BCUT2D eigenvalue weighted by Gasteiger charge is -2.32. The van der Waals surface area contributed by atoms with Gasteiger partial charge in [-0.15, -0.1) is 0 Å². The van der Waals surface area contributed by atoms with E-state index < -0.39 is 0 Å². The maximum atomic E-state index is 9.58. The monoisotopic (exact) mass is 472 g/mol. The van der Waals surface area contributed by atoms with Crippen LogP contribution in [0.1, 0.15) is 29.5 Å². The summed E-state index contributed by atoms with van der Waals surface area (Å²) in [5.41, 5.74) is 4.46. The van der Waals surface area contributed by atoms with Gasteiger partial charge in [0.1, 0.15) is 23.9 Å². The molecule has 0 saturated carbocycles. The molecule has 1 aliphatic heterocycles. The fourth-order valence-electron chi connectivity index (χ4n) is 4.75. The van der Waals surface area contributed by atoms with Crippen LogP contribution >= 0.6 is 0 Å². The molecule has 0 amide bonds. The van der Waals surface area contributed by atoms with Gasteiger partial charge in [0.15, 0.2) is 0 Å². The zero-order valence-corrected chi connectivity index (χ0v) is 20.4. The minimum Gasteiger partial charge on any atom is -0.496 e. The Morgan fingerprint density at radius 1 is 1.00 bits per heavy atom. The Morgan fingerprint density at radius 2 is 1.69 bits per heavy atom. The van der Waals surface area contributed by atoms with Crippen molar-refractivity contribution in [3.63, 3.8) is 0 Å². The standard InChI is InChI=1S/C29H32N2O4/c1-33-28-14-24(15-29(34-2)27(28)18-31-13-7-8-21(17-31)19-32)35-20-23-10-4-6-12-26(23)25-11-5-3-9-22(25)16-30/h3-6,9-12,14-15,21,32H,7-8,13,17-20H2,1-2H3. The summed E-state index contributed by atoms with van der Waals surface area (Å²) < 4.78 is 17.7. The quantitative estimate of drug-likeness (QED) is 0.471. The second kappa shape index (κ2) is 11.7. The summed E-state index contributed by atoms with van der Waals surface area (Å²) in [7, 11) is 3.31. The second-order valence-corrected chi connectivity index (χ2v) is 8.84. The summed E-state index contributed by atoms with van der Waals surface area (Å²) in [4.78, 5) is 2.34. The highest BCUT2D eigenvalue weighted by Gasteiger charge is 2.23. The third kappa shape index (κ3) is 5.76. The zero-order chi connectivity index (χ0) is 24.6. The topological polar surface area (TPSA) is 75.0 Å². The van der Waals surface area contributed by atoms with Crippen LogP contribution in [0.3, 0.4) is 0 Å². The largest absolute Gasteiger partial charge is 0.496 e. The van der Waals surface area contributed by atoms with Crippen molar-refractivity contribution in [1.82, 2.24) is 4.90 Å². The van der Waals surface area contributed by atoms with E-state index in [0.717, 1.165) is 48.2 Å². The Balaban J connectivity index is 1.56. The average molecular weight is 473 g/mol. The summed E-state index contributed by atoms with van der Waals surface area (Å²) >= 11 is 0. The molecule has 0 bridgehead atoms. The first-order valence-corrected chi connectivity index (χ1v) is 11.9. The van der Waals surface area contributed by atoms with Crippen LogP contribution < -0.4 is 14.2 Å². The average Bonchev–Trinajstić information content (AvgIpc) is 2.92. The van der Waals surface area contributed by atoms with Gasteiger partial charge in [-0.2, -0.15) is 5.26 Å². The van der Waals surface area contributed by atoms with E-state index in [1.807, 2.05) is 60.7 Å². The van der Waals surface area contributed by atoms with Crippen molar-refractivity contribution in [2.24, 2.45) is 5.92 Å². The van der Waals surface area contributed by atoms with Crippen LogP contribution in [-0.4, -0.2) is 43.9 Å². The lowest BCUT2D eigenvalue weighted by atomic mass is 9.96. The SMILES string of the molecule is COc1cc(OCc2ccccc2-c2ccccc2C#N)cc(OC)c1CN1CCCC(CO)C1. The number of nitriles is 1. The summed E-state index contributed by atoms with van der Waals surface area (Å²) in [6.45, 7) is 3.10. The molecule has 1 saturated heterocycles. The fourth-order valence-corrected chi connectivity index (χ4v) is 4.75. The number of hydrogen-bond donors (Lipinski definition) is 1. The van der Waals surface area contributed by atoms with Gasteiger partial charge in [-0.1, -0.05) is 42.5 Å². The molecule has 1 N–H and O–H groups in total. The Bertz CT molecular complexity index is 1160. The van der Waals surface area contributed by atoms with Crippen LogP contribution in [-0.2, 0) is 13.2 Å². The Labute approximate surface area is 207 Å². The third-order valence-corrected chi connectivity index (χ3v) is 6.57. The van der Waals surface area contributed by atoms with Crippen molar-refractivity contribution >= 4 is 0 Å². The van der Waals surface area contributed by atoms with Gasteiger partial charge in [0.05, 0.1) is 31.4 Å². The number of rotatable bonds is 9. The molecule has 182 valence electrons. The maximum absolute atomic E-state index is 9.58. The molecule has 6 heteroatoms. The Kier molecular flexibility index (Phi) is 8.25. The van der Waals surface area contributed by atoms with Crippen LogP contribution in [0.4, 0.5) is 0 Å². The van der Waals surface area contributed by atoms with E-state index >= 15 is 0 Å². The smallest absolute Gasteiger partial charge is 0.130 e. The van der Waals surface area contributed by atoms with Crippen LogP contribution in [0.2, 0.25) is 0 Å². The highest BCUT2D eigenvalue weighted by Crippen LogP contribution is 2.36. The number of nitrogens with zero attached hydrogens (tertiary/aromatic N) is 2. The molecule has 0 spiro atoms. The summed E-state index contributed by atoms with van der Waals surface area (Å²) in [5.74, 6) is 2.40. The van der Waals surface area contributed by atoms with E-state index in [1.54, 1.807) is 14.2 Å². The van der Waals surface area contributed by atoms with E-state index in [0.29, 0.717) is 41.9 Å². The molecule has 35 heavy (non-hydrogen) atoms. The van der Waals surface area contributed by atoms with Gasteiger partial charge < -0.3 is 19.3 Å². The molecule has 1 unspecified atom stereocenters. The van der Waals surface area contributed by atoms with Crippen molar-refractivity contribution in [1.29, 1.82) is 5.26 Å². The molecule has 1 atom stereocenters. The molecule has 3 aromatic carbocycles. The number of piperidine rings is 1. The lowest BCUT2D eigenvalue weighted by molar-refractivity contribution is 0.114. The summed E-state index contributed by atoms with van der Waals surface area (Å²) in [5, 5.41) is 19.1. The maximum Gasteiger partial charge on any atom is 0.130 e. The molecular formula is C29H32N2O4. The molecule has 6 nitrogen and oxygen atoms in total. The van der Waals surface area contributed by atoms with Crippen LogP contribution in [0.5, 0.6) is 17.2 Å². The minimum absolute atomic E-state index is 0.220. The van der Waals surface area contributed by atoms with Gasteiger partial charge >= 0.3 is 0 Å². The minimum atomic E-state index is 0.220. The highest BCUT2D eigenvalue weighted by molar-refractivity contribution is 5.73. The van der Waals surface area contributed by atoms with E-state index in [9.17, 15) is 10.4 Å². The fraction of sp³-hybridized carbons (Fsp3) is 0.345. The van der Waals surface area contributed by atoms with Gasteiger partial charge in [-0.3, -0.25) is 4.90 Å².